The van der Waals surface area contributed by atoms with Crippen LogP contribution in [0.2, 0.25) is 0 Å². The summed E-state index contributed by atoms with van der Waals surface area (Å²) in [6.45, 7) is 11.9. The van der Waals surface area contributed by atoms with Gasteiger partial charge in [-0.25, -0.2) is 4.68 Å². The van der Waals surface area contributed by atoms with Crippen molar-refractivity contribution in [3.63, 3.8) is 0 Å². The molecule has 2 aromatic carbocycles. The number of amides is 3. The van der Waals surface area contributed by atoms with Gasteiger partial charge in [-0.1, -0.05) is 59.8 Å². The number of para-hydroxylation sites is 1. The molecule has 0 radical (unpaired) electrons. The molecule has 6 rings (SSSR count). The van der Waals surface area contributed by atoms with Gasteiger partial charge in [-0.05, 0) is 44.4 Å². The second-order valence-electron chi connectivity index (χ2n) is 12.6. The van der Waals surface area contributed by atoms with Gasteiger partial charge in [-0.2, -0.15) is 0 Å². The van der Waals surface area contributed by atoms with Crippen LogP contribution in [-0.4, -0.2) is 95.5 Å². The zero-order valence-corrected chi connectivity index (χ0v) is 25.8. The first-order chi connectivity index (χ1) is 21.7. The summed E-state index contributed by atoms with van der Waals surface area (Å²) in [5.74, 6) is -2.59. The number of ether oxygens (including phenoxy) is 1. The van der Waals surface area contributed by atoms with Crippen LogP contribution in [0.5, 0.6) is 0 Å². The van der Waals surface area contributed by atoms with Crippen molar-refractivity contribution in [3.8, 4) is 0 Å². The fourth-order valence-corrected chi connectivity index (χ4v) is 7.70. The van der Waals surface area contributed by atoms with Gasteiger partial charge in [0.2, 0.25) is 17.7 Å². The van der Waals surface area contributed by atoms with E-state index in [4.69, 9.17) is 4.74 Å². The molecular weight excluding hydrogens is 572 g/mol. The van der Waals surface area contributed by atoms with Crippen molar-refractivity contribution in [2.45, 2.75) is 63.2 Å². The molecule has 4 heterocycles. The molecule has 3 amide bonds. The van der Waals surface area contributed by atoms with Crippen molar-refractivity contribution >= 4 is 28.8 Å². The molecule has 1 spiro atoms. The molecule has 0 saturated carbocycles. The Labute approximate surface area is 262 Å². The standard InChI is InChI=1S/C34H40N6O5/c1-5-18-37(20-24-12-8-7-9-13-24)30(42)27-28-31(43)40(23(3)21-41)29(34(28)17-16-33(27,4)45-34)32(44)38(19-6-2)22-39-26-15-11-10-14-25(26)35-36-39/h5-15,23,27-29,41H,1-2,16-22H2,3-4H3/t23-,27+,28+,29?,33-,34?/m1/s1. The Balaban J connectivity index is 1.38. The fourth-order valence-electron chi connectivity index (χ4n) is 7.70. The minimum Gasteiger partial charge on any atom is -0.394 e. The Morgan fingerprint density at radius 3 is 2.47 bits per heavy atom. The fraction of sp³-hybridized carbons (Fsp3) is 0.441. The van der Waals surface area contributed by atoms with E-state index in [-0.39, 0.29) is 37.5 Å². The number of rotatable bonds is 12. The Hall–Kier alpha value is -4.35. The van der Waals surface area contributed by atoms with Gasteiger partial charge in [0.25, 0.3) is 0 Å². The van der Waals surface area contributed by atoms with Crippen molar-refractivity contribution < 1.29 is 24.2 Å². The monoisotopic (exact) mass is 612 g/mol. The maximum Gasteiger partial charge on any atom is 0.250 e. The van der Waals surface area contributed by atoms with Crippen LogP contribution in [0.4, 0.5) is 0 Å². The predicted molar refractivity (Wildman–Crippen MR) is 167 cm³/mol. The average Bonchev–Trinajstić information content (AvgIpc) is 3.75. The van der Waals surface area contributed by atoms with Gasteiger partial charge in [0, 0.05) is 19.6 Å². The zero-order chi connectivity index (χ0) is 31.9. The van der Waals surface area contributed by atoms with Gasteiger partial charge < -0.3 is 24.5 Å². The number of carbonyl (C=O) groups is 3. The van der Waals surface area contributed by atoms with Crippen LogP contribution in [0.3, 0.4) is 0 Å². The lowest BCUT2D eigenvalue weighted by Crippen LogP contribution is -2.58. The molecule has 3 aliphatic heterocycles. The Kier molecular flexibility index (Phi) is 8.09. The van der Waals surface area contributed by atoms with E-state index in [1.54, 1.807) is 33.6 Å². The summed E-state index contributed by atoms with van der Waals surface area (Å²) in [6.07, 6.45) is 4.25. The maximum absolute atomic E-state index is 14.7. The summed E-state index contributed by atoms with van der Waals surface area (Å²) in [6, 6.07) is 15.4. The molecule has 3 aromatic rings. The van der Waals surface area contributed by atoms with Crippen molar-refractivity contribution in [1.82, 2.24) is 29.7 Å². The lowest BCUT2D eigenvalue weighted by atomic mass is 9.66. The Morgan fingerprint density at radius 2 is 1.76 bits per heavy atom. The molecule has 1 N–H and O–H groups in total. The maximum atomic E-state index is 14.7. The smallest absolute Gasteiger partial charge is 0.250 e. The number of aliphatic hydroxyl groups is 1. The number of hydrogen-bond acceptors (Lipinski definition) is 7. The molecule has 3 aliphatic rings. The zero-order valence-electron chi connectivity index (χ0n) is 25.8. The van der Waals surface area contributed by atoms with E-state index in [2.05, 4.69) is 23.5 Å². The van der Waals surface area contributed by atoms with Gasteiger partial charge in [0.1, 0.15) is 23.8 Å². The predicted octanol–water partition coefficient (Wildman–Crippen LogP) is 2.76. The molecule has 3 fully saturated rings. The minimum atomic E-state index is -1.23. The highest BCUT2D eigenvalue weighted by Crippen LogP contribution is 2.63. The third kappa shape index (κ3) is 4.94. The summed E-state index contributed by atoms with van der Waals surface area (Å²) in [5, 5.41) is 18.8. The second kappa shape index (κ2) is 11.9. The van der Waals surface area contributed by atoms with Crippen LogP contribution >= 0.6 is 0 Å². The van der Waals surface area contributed by atoms with Crippen LogP contribution in [0, 0.1) is 11.8 Å². The summed E-state index contributed by atoms with van der Waals surface area (Å²) in [5.41, 5.74) is 0.240. The molecule has 45 heavy (non-hydrogen) atoms. The normalized spacial score (nSPS) is 27.4. The van der Waals surface area contributed by atoms with Gasteiger partial charge in [0.15, 0.2) is 0 Å². The number of likely N-dealkylation sites (tertiary alicyclic amines) is 1. The molecule has 2 unspecified atom stereocenters. The summed E-state index contributed by atoms with van der Waals surface area (Å²) in [7, 11) is 0. The van der Waals surface area contributed by atoms with E-state index < -0.39 is 35.1 Å². The van der Waals surface area contributed by atoms with E-state index in [0.717, 1.165) is 11.1 Å². The highest BCUT2D eigenvalue weighted by Gasteiger charge is 2.78. The van der Waals surface area contributed by atoms with Crippen LogP contribution in [0.15, 0.2) is 79.9 Å². The van der Waals surface area contributed by atoms with Crippen molar-refractivity contribution in [3.05, 3.63) is 85.5 Å². The van der Waals surface area contributed by atoms with Gasteiger partial charge >= 0.3 is 0 Å². The Morgan fingerprint density at radius 1 is 1.07 bits per heavy atom. The lowest BCUT2D eigenvalue weighted by molar-refractivity contribution is -0.157. The first-order valence-corrected chi connectivity index (χ1v) is 15.4. The average molecular weight is 613 g/mol. The lowest BCUT2D eigenvalue weighted by Gasteiger charge is -2.38. The van der Waals surface area contributed by atoms with Gasteiger partial charge in [0.05, 0.1) is 35.6 Å². The molecule has 2 bridgehead atoms. The third-order valence-electron chi connectivity index (χ3n) is 9.72. The number of carbonyl (C=O) groups excluding carboxylic acids is 3. The van der Waals surface area contributed by atoms with Crippen LogP contribution in [-0.2, 0) is 32.3 Å². The highest BCUT2D eigenvalue weighted by atomic mass is 16.5. The number of benzene rings is 2. The van der Waals surface area contributed by atoms with Crippen LogP contribution in [0.25, 0.3) is 11.0 Å². The molecule has 0 aliphatic carbocycles. The molecule has 3 saturated heterocycles. The molecule has 11 heteroatoms. The molecular formula is C34H40N6O5. The number of fused-ring (bicyclic) bond motifs is 2. The van der Waals surface area contributed by atoms with Gasteiger partial charge in [-0.3, -0.25) is 14.4 Å². The third-order valence-corrected chi connectivity index (χ3v) is 9.72. The minimum absolute atomic E-state index is 0.0714. The largest absolute Gasteiger partial charge is 0.394 e. The summed E-state index contributed by atoms with van der Waals surface area (Å²) >= 11 is 0. The molecule has 236 valence electrons. The van der Waals surface area contributed by atoms with E-state index in [0.29, 0.717) is 31.4 Å². The quantitative estimate of drug-likeness (QED) is 0.312. The van der Waals surface area contributed by atoms with E-state index in [9.17, 15) is 19.5 Å². The SMILES string of the molecule is C=CCN(Cn1nnc2ccccc21)C(=O)C1N([C@H](C)CO)C(=O)[C@@H]2[C@@H](C(=O)N(CC=C)Cc3ccccc3)[C@@]3(C)CCC12O3. The van der Waals surface area contributed by atoms with E-state index in [1.807, 2.05) is 61.5 Å². The van der Waals surface area contributed by atoms with Crippen LogP contribution in [0.1, 0.15) is 32.3 Å². The molecule has 1 aromatic heterocycles. The van der Waals surface area contributed by atoms with Crippen LogP contribution < -0.4 is 0 Å². The molecule has 11 nitrogen and oxygen atoms in total. The van der Waals surface area contributed by atoms with Crippen molar-refractivity contribution in [1.29, 1.82) is 0 Å². The number of nitrogens with zero attached hydrogens (tertiary/aromatic N) is 6. The van der Waals surface area contributed by atoms with Gasteiger partial charge in [-0.15, -0.1) is 18.3 Å². The summed E-state index contributed by atoms with van der Waals surface area (Å²) < 4.78 is 8.46. The summed E-state index contributed by atoms with van der Waals surface area (Å²) in [4.78, 5) is 48.4. The van der Waals surface area contributed by atoms with E-state index >= 15 is 0 Å². The highest BCUT2D eigenvalue weighted by molar-refractivity contribution is 5.99. The first-order valence-electron chi connectivity index (χ1n) is 15.4. The topological polar surface area (TPSA) is 121 Å². The number of aliphatic hydroxyl groups excluding tert-OH is 1. The van der Waals surface area contributed by atoms with E-state index in [1.165, 1.54) is 4.90 Å². The first kappa shape index (κ1) is 30.7. The second-order valence-corrected chi connectivity index (χ2v) is 12.6. The molecule has 6 atom stereocenters. The Bertz CT molecular complexity index is 1630. The number of hydrogen-bond donors (Lipinski definition) is 1. The van der Waals surface area contributed by atoms with Crippen molar-refractivity contribution in [2.75, 3.05) is 19.7 Å². The number of aromatic nitrogens is 3. The van der Waals surface area contributed by atoms with Crippen molar-refractivity contribution in [2.24, 2.45) is 11.8 Å².